The summed E-state index contributed by atoms with van der Waals surface area (Å²) in [6.45, 7) is 9.93. The van der Waals surface area contributed by atoms with E-state index in [2.05, 4.69) is 33.8 Å². The highest BCUT2D eigenvalue weighted by Crippen LogP contribution is 2.21. The van der Waals surface area contributed by atoms with Crippen LogP contribution in [0, 0.1) is 6.92 Å². The molecule has 1 saturated heterocycles. The second-order valence-corrected chi connectivity index (χ2v) is 8.11. The standard InChI is InChI=1S/C20H29N3O2S/c1-3-25-19-6-4-17(5-7-19)13-23-10-9-22(14-18(23)8-11-24)15-20-12-21-16(2)26-20/h4-7,12,18,24H,3,8-11,13-15H2,1-2H3. The van der Waals surface area contributed by atoms with E-state index in [0.29, 0.717) is 12.6 Å². The fourth-order valence-corrected chi connectivity index (χ4v) is 4.36. The summed E-state index contributed by atoms with van der Waals surface area (Å²) >= 11 is 1.78. The van der Waals surface area contributed by atoms with Gasteiger partial charge in [0.15, 0.2) is 0 Å². The van der Waals surface area contributed by atoms with Crippen LogP contribution in [0.5, 0.6) is 5.75 Å². The maximum atomic E-state index is 9.51. The van der Waals surface area contributed by atoms with Crippen molar-refractivity contribution in [2.24, 2.45) is 0 Å². The molecule has 0 spiro atoms. The second-order valence-electron chi connectivity index (χ2n) is 6.79. The number of aliphatic hydroxyl groups excluding tert-OH is 1. The Kier molecular flexibility index (Phi) is 7.02. The van der Waals surface area contributed by atoms with Gasteiger partial charge in [-0.25, -0.2) is 4.98 Å². The summed E-state index contributed by atoms with van der Waals surface area (Å²) in [5.74, 6) is 0.924. The number of aromatic nitrogens is 1. The third kappa shape index (κ3) is 5.27. The van der Waals surface area contributed by atoms with Crippen LogP contribution in [-0.2, 0) is 13.1 Å². The maximum Gasteiger partial charge on any atom is 0.119 e. The van der Waals surface area contributed by atoms with Crippen LogP contribution in [0.4, 0.5) is 0 Å². The lowest BCUT2D eigenvalue weighted by atomic mass is 10.1. The van der Waals surface area contributed by atoms with Gasteiger partial charge >= 0.3 is 0 Å². The molecule has 1 aliphatic rings. The van der Waals surface area contributed by atoms with Gasteiger partial charge in [0.2, 0.25) is 0 Å². The van der Waals surface area contributed by atoms with Crippen molar-refractivity contribution in [3.8, 4) is 5.75 Å². The van der Waals surface area contributed by atoms with Crippen LogP contribution in [0.25, 0.3) is 0 Å². The number of benzene rings is 1. The zero-order chi connectivity index (χ0) is 18.4. The molecule has 26 heavy (non-hydrogen) atoms. The molecule has 1 aromatic heterocycles. The predicted octanol–water partition coefficient (Wildman–Crippen LogP) is 2.92. The summed E-state index contributed by atoms with van der Waals surface area (Å²) < 4.78 is 5.53. The van der Waals surface area contributed by atoms with Crippen LogP contribution in [0.3, 0.4) is 0 Å². The highest BCUT2D eigenvalue weighted by Gasteiger charge is 2.26. The Labute approximate surface area is 160 Å². The van der Waals surface area contributed by atoms with Gasteiger partial charge in [-0.2, -0.15) is 0 Å². The molecule has 1 aliphatic heterocycles. The lowest BCUT2D eigenvalue weighted by molar-refractivity contribution is 0.0504. The van der Waals surface area contributed by atoms with E-state index in [-0.39, 0.29) is 6.61 Å². The van der Waals surface area contributed by atoms with E-state index in [4.69, 9.17) is 4.74 Å². The van der Waals surface area contributed by atoms with Crippen LogP contribution in [0.1, 0.15) is 28.8 Å². The topological polar surface area (TPSA) is 48.8 Å². The van der Waals surface area contributed by atoms with Gasteiger partial charge in [0.05, 0.1) is 11.6 Å². The Hall–Kier alpha value is -1.47. The van der Waals surface area contributed by atoms with E-state index in [9.17, 15) is 5.11 Å². The SMILES string of the molecule is CCOc1ccc(CN2CCN(Cc3cnc(C)s3)CC2CCO)cc1. The van der Waals surface area contributed by atoms with Crippen LogP contribution in [0.15, 0.2) is 30.5 Å². The van der Waals surface area contributed by atoms with Crippen molar-refractivity contribution in [2.75, 3.05) is 32.8 Å². The van der Waals surface area contributed by atoms with Crippen LogP contribution >= 0.6 is 11.3 Å². The molecule has 0 bridgehead atoms. The molecule has 1 aromatic carbocycles. The molecule has 0 amide bonds. The van der Waals surface area contributed by atoms with E-state index in [0.717, 1.165) is 49.9 Å². The minimum atomic E-state index is 0.234. The number of hydrogen-bond acceptors (Lipinski definition) is 6. The molecule has 5 nitrogen and oxygen atoms in total. The minimum absolute atomic E-state index is 0.234. The van der Waals surface area contributed by atoms with Gasteiger partial charge in [-0.3, -0.25) is 9.80 Å². The smallest absolute Gasteiger partial charge is 0.119 e. The van der Waals surface area contributed by atoms with Crippen molar-refractivity contribution >= 4 is 11.3 Å². The number of nitrogens with zero attached hydrogens (tertiary/aromatic N) is 3. The average molecular weight is 376 g/mol. The van der Waals surface area contributed by atoms with E-state index in [1.807, 2.05) is 25.3 Å². The molecular weight excluding hydrogens is 346 g/mol. The summed E-state index contributed by atoms with van der Waals surface area (Å²) in [6.07, 6.45) is 2.81. The van der Waals surface area contributed by atoms with E-state index >= 15 is 0 Å². The molecule has 2 aromatic rings. The number of aliphatic hydroxyl groups is 1. The first kappa shape index (κ1) is 19.3. The van der Waals surface area contributed by atoms with Crippen molar-refractivity contribution in [1.29, 1.82) is 0 Å². The molecule has 142 valence electrons. The van der Waals surface area contributed by atoms with Gasteiger partial charge in [-0.05, 0) is 38.0 Å². The quantitative estimate of drug-likeness (QED) is 0.769. The van der Waals surface area contributed by atoms with E-state index in [1.54, 1.807) is 11.3 Å². The van der Waals surface area contributed by atoms with Crippen molar-refractivity contribution in [1.82, 2.24) is 14.8 Å². The Bertz CT molecular complexity index is 674. The zero-order valence-electron chi connectivity index (χ0n) is 15.7. The molecule has 1 atom stereocenters. The number of hydrogen-bond donors (Lipinski definition) is 1. The lowest BCUT2D eigenvalue weighted by Crippen LogP contribution is -2.52. The maximum absolute atomic E-state index is 9.51. The molecule has 1 unspecified atom stereocenters. The van der Waals surface area contributed by atoms with Crippen LogP contribution in [-0.4, -0.2) is 58.8 Å². The Balaban J connectivity index is 1.59. The summed E-state index contributed by atoms with van der Waals surface area (Å²) in [5, 5.41) is 10.6. The Morgan fingerprint density at radius 1 is 1.23 bits per heavy atom. The molecule has 0 aliphatic carbocycles. The first-order valence-electron chi connectivity index (χ1n) is 9.38. The van der Waals surface area contributed by atoms with Crippen molar-refractivity contribution < 1.29 is 9.84 Å². The van der Waals surface area contributed by atoms with Crippen molar-refractivity contribution in [3.63, 3.8) is 0 Å². The molecular formula is C20H29N3O2S. The number of piperazine rings is 1. The molecule has 1 N–H and O–H groups in total. The van der Waals surface area contributed by atoms with Gasteiger partial charge in [-0.15, -0.1) is 11.3 Å². The predicted molar refractivity (Wildman–Crippen MR) is 106 cm³/mol. The largest absolute Gasteiger partial charge is 0.494 e. The summed E-state index contributed by atoms with van der Waals surface area (Å²) in [4.78, 5) is 10.7. The van der Waals surface area contributed by atoms with E-state index in [1.165, 1.54) is 10.4 Å². The summed E-state index contributed by atoms with van der Waals surface area (Å²) in [7, 11) is 0. The fraction of sp³-hybridized carbons (Fsp3) is 0.550. The summed E-state index contributed by atoms with van der Waals surface area (Å²) in [6, 6.07) is 8.76. The first-order valence-corrected chi connectivity index (χ1v) is 10.2. The van der Waals surface area contributed by atoms with Gasteiger partial charge in [0.25, 0.3) is 0 Å². The Morgan fingerprint density at radius 3 is 2.69 bits per heavy atom. The van der Waals surface area contributed by atoms with E-state index < -0.39 is 0 Å². The van der Waals surface area contributed by atoms with Gasteiger partial charge < -0.3 is 9.84 Å². The van der Waals surface area contributed by atoms with Gasteiger partial charge in [0, 0.05) is 56.4 Å². The molecule has 1 fully saturated rings. The molecule has 2 heterocycles. The molecule has 0 saturated carbocycles. The monoisotopic (exact) mass is 375 g/mol. The molecule has 0 radical (unpaired) electrons. The molecule has 3 rings (SSSR count). The first-order chi connectivity index (χ1) is 12.7. The lowest BCUT2D eigenvalue weighted by Gasteiger charge is -2.41. The minimum Gasteiger partial charge on any atom is -0.494 e. The third-order valence-corrected chi connectivity index (χ3v) is 5.72. The zero-order valence-corrected chi connectivity index (χ0v) is 16.5. The van der Waals surface area contributed by atoms with Crippen LogP contribution < -0.4 is 4.74 Å². The van der Waals surface area contributed by atoms with Crippen molar-refractivity contribution in [2.45, 2.75) is 39.4 Å². The average Bonchev–Trinajstić information content (AvgIpc) is 3.04. The van der Waals surface area contributed by atoms with Gasteiger partial charge in [0.1, 0.15) is 5.75 Å². The molecule has 6 heteroatoms. The number of ether oxygens (including phenoxy) is 1. The van der Waals surface area contributed by atoms with Crippen molar-refractivity contribution in [3.05, 3.63) is 45.9 Å². The normalized spacial score (nSPS) is 19.0. The summed E-state index contributed by atoms with van der Waals surface area (Å²) in [5.41, 5.74) is 1.29. The fourth-order valence-electron chi connectivity index (χ4n) is 3.52. The highest BCUT2D eigenvalue weighted by atomic mass is 32.1. The van der Waals surface area contributed by atoms with Crippen LogP contribution in [0.2, 0.25) is 0 Å². The Morgan fingerprint density at radius 2 is 2.04 bits per heavy atom. The number of aryl methyl sites for hydroxylation is 1. The number of rotatable bonds is 8. The number of thiazole rings is 1. The third-order valence-electron chi connectivity index (χ3n) is 4.82. The van der Waals surface area contributed by atoms with Gasteiger partial charge in [-0.1, -0.05) is 12.1 Å². The second kappa shape index (κ2) is 9.46. The highest BCUT2D eigenvalue weighted by molar-refractivity contribution is 7.11.